The van der Waals surface area contributed by atoms with E-state index in [0.29, 0.717) is 38.2 Å². The Balaban J connectivity index is 1.59. The molecule has 164 valence electrons. The van der Waals surface area contributed by atoms with Crippen LogP contribution in [0.25, 0.3) is 11.1 Å². The van der Waals surface area contributed by atoms with Crippen molar-refractivity contribution in [2.45, 2.75) is 26.7 Å². The molecule has 2 amide bonds. The third kappa shape index (κ3) is 4.57. The van der Waals surface area contributed by atoms with Gasteiger partial charge in [-0.05, 0) is 55.5 Å². The Hall–Kier alpha value is -3.47. The van der Waals surface area contributed by atoms with Crippen molar-refractivity contribution in [2.24, 2.45) is 5.41 Å². The molecule has 0 radical (unpaired) electrons. The van der Waals surface area contributed by atoms with Crippen LogP contribution in [-0.4, -0.2) is 41.3 Å². The van der Waals surface area contributed by atoms with Gasteiger partial charge in [0.05, 0.1) is 5.41 Å². The van der Waals surface area contributed by atoms with Gasteiger partial charge < -0.3 is 10.2 Å². The highest BCUT2D eigenvalue weighted by atomic mass is 16.2. The van der Waals surface area contributed by atoms with E-state index in [4.69, 9.17) is 0 Å². The van der Waals surface area contributed by atoms with Crippen molar-refractivity contribution >= 4 is 11.8 Å². The van der Waals surface area contributed by atoms with Crippen molar-refractivity contribution in [1.82, 2.24) is 15.2 Å². The van der Waals surface area contributed by atoms with Crippen LogP contribution in [0.3, 0.4) is 0 Å². The maximum Gasteiger partial charge on any atom is 0.272 e. The van der Waals surface area contributed by atoms with Crippen LogP contribution >= 0.6 is 0 Å². The number of aromatic nitrogens is 1. The SMILES string of the molecule is CCNC(=O)C1(Cc2cccc(-c3ccc(C)cc3)c2)CCN(C(=O)c2ccccn2)C1. The Morgan fingerprint density at radius 3 is 2.56 bits per heavy atom. The fourth-order valence-corrected chi connectivity index (χ4v) is 4.45. The van der Waals surface area contributed by atoms with E-state index in [-0.39, 0.29) is 11.8 Å². The Morgan fingerprint density at radius 2 is 1.84 bits per heavy atom. The Morgan fingerprint density at radius 1 is 1.03 bits per heavy atom. The van der Waals surface area contributed by atoms with Crippen molar-refractivity contribution in [3.63, 3.8) is 0 Å². The van der Waals surface area contributed by atoms with Crippen molar-refractivity contribution < 1.29 is 9.59 Å². The molecule has 32 heavy (non-hydrogen) atoms. The largest absolute Gasteiger partial charge is 0.356 e. The van der Waals surface area contributed by atoms with Crippen LogP contribution in [0.5, 0.6) is 0 Å². The highest BCUT2D eigenvalue weighted by Gasteiger charge is 2.46. The minimum Gasteiger partial charge on any atom is -0.356 e. The average Bonchev–Trinajstić information content (AvgIpc) is 3.25. The van der Waals surface area contributed by atoms with E-state index in [1.165, 1.54) is 5.56 Å². The van der Waals surface area contributed by atoms with Crippen LogP contribution in [0, 0.1) is 12.3 Å². The lowest BCUT2D eigenvalue weighted by molar-refractivity contribution is -0.130. The number of benzene rings is 2. The van der Waals surface area contributed by atoms with Gasteiger partial charge in [-0.25, -0.2) is 0 Å². The summed E-state index contributed by atoms with van der Waals surface area (Å²) in [6.07, 6.45) is 2.84. The van der Waals surface area contributed by atoms with E-state index in [2.05, 4.69) is 59.7 Å². The Labute approximate surface area is 189 Å². The van der Waals surface area contributed by atoms with Gasteiger partial charge in [0.1, 0.15) is 5.69 Å². The predicted molar refractivity (Wildman–Crippen MR) is 126 cm³/mol. The third-order valence-electron chi connectivity index (χ3n) is 6.20. The molecule has 1 N–H and O–H groups in total. The maximum atomic E-state index is 13.2. The van der Waals surface area contributed by atoms with Gasteiger partial charge in [0.2, 0.25) is 5.91 Å². The highest BCUT2D eigenvalue weighted by Crippen LogP contribution is 2.36. The Bertz CT molecular complexity index is 1100. The highest BCUT2D eigenvalue weighted by molar-refractivity contribution is 5.93. The van der Waals surface area contributed by atoms with Crippen LogP contribution in [0.15, 0.2) is 72.9 Å². The van der Waals surface area contributed by atoms with Crippen molar-refractivity contribution in [3.05, 3.63) is 89.7 Å². The van der Waals surface area contributed by atoms with E-state index in [9.17, 15) is 9.59 Å². The quantitative estimate of drug-likeness (QED) is 0.639. The van der Waals surface area contributed by atoms with E-state index < -0.39 is 5.41 Å². The molecular weight excluding hydrogens is 398 g/mol. The molecule has 1 atom stereocenters. The van der Waals surface area contributed by atoms with Crippen molar-refractivity contribution in [1.29, 1.82) is 0 Å². The van der Waals surface area contributed by atoms with Gasteiger partial charge in [-0.2, -0.15) is 0 Å². The summed E-state index contributed by atoms with van der Waals surface area (Å²) in [5, 5.41) is 3.01. The average molecular weight is 428 g/mol. The minimum absolute atomic E-state index is 0.0112. The molecule has 4 rings (SSSR count). The summed E-state index contributed by atoms with van der Waals surface area (Å²) in [6, 6.07) is 22.2. The second-order valence-electron chi connectivity index (χ2n) is 8.57. The summed E-state index contributed by atoms with van der Waals surface area (Å²) in [5.74, 6) is -0.109. The van der Waals surface area contributed by atoms with E-state index in [1.807, 2.05) is 19.1 Å². The molecule has 5 heteroatoms. The first kappa shape index (κ1) is 21.8. The summed E-state index contributed by atoms with van der Waals surface area (Å²) in [7, 11) is 0. The summed E-state index contributed by atoms with van der Waals surface area (Å²) < 4.78 is 0. The van der Waals surface area contributed by atoms with E-state index in [1.54, 1.807) is 23.2 Å². The number of carbonyl (C=O) groups is 2. The van der Waals surface area contributed by atoms with Gasteiger partial charge in [0, 0.05) is 25.8 Å². The number of hydrogen-bond donors (Lipinski definition) is 1. The fourth-order valence-electron chi connectivity index (χ4n) is 4.45. The molecule has 0 spiro atoms. The molecule has 1 saturated heterocycles. The van der Waals surface area contributed by atoms with E-state index in [0.717, 1.165) is 16.7 Å². The number of rotatable bonds is 6. The zero-order valence-electron chi connectivity index (χ0n) is 18.7. The molecule has 1 aromatic heterocycles. The summed E-state index contributed by atoms with van der Waals surface area (Å²) in [5.41, 5.74) is 4.38. The molecule has 1 unspecified atom stereocenters. The van der Waals surface area contributed by atoms with Crippen LogP contribution < -0.4 is 5.32 Å². The van der Waals surface area contributed by atoms with Gasteiger partial charge in [-0.1, -0.05) is 60.2 Å². The van der Waals surface area contributed by atoms with Crippen LogP contribution in [0.2, 0.25) is 0 Å². The molecule has 2 aromatic carbocycles. The van der Waals surface area contributed by atoms with Crippen LogP contribution in [0.4, 0.5) is 0 Å². The third-order valence-corrected chi connectivity index (χ3v) is 6.20. The number of likely N-dealkylation sites (tertiary alicyclic amines) is 1. The molecule has 2 heterocycles. The number of nitrogens with zero attached hydrogens (tertiary/aromatic N) is 2. The molecular formula is C27H29N3O2. The fraction of sp³-hybridized carbons (Fsp3) is 0.296. The number of carbonyl (C=O) groups excluding carboxylic acids is 2. The van der Waals surface area contributed by atoms with Gasteiger partial charge >= 0.3 is 0 Å². The Kier molecular flexibility index (Phi) is 6.35. The predicted octanol–water partition coefficient (Wildman–Crippen LogP) is 4.27. The first-order valence-corrected chi connectivity index (χ1v) is 11.2. The first-order chi connectivity index (χ1) is 15.5. The molecule has 1 aliphatic heterocycles. The smallest absolute Gasteiger partial charge is 0.272 e. The number of nitrogens with one attached hydrogen (secondary N) is 1. The topological polar surface area (TPSA) is 62.3 Å². The second-order valence-corrected chi connectivity index (χ2v) is 8.57. The lowest BCUT2D eigenvalue weighted by atomic mass is 9.79. The van der Waals surface area contributed by atoms with Gasteiger partial charge in [-0.15, -0.1) is 0 Å². The number of aryl methyl sites for hydroxylation is 1. The minimum atomic E-state index is -0.646. The van der Waals surface area contributed by atoms with Gasteiger partial charge in [0.25, 0.3) is 5.91 Å². The molecule has 0 bridgehead atoms. The van der Waals surface area contributed by atoms with Crippen LogP contribution in [-0.2, 0) is 11.2 Å². The zero-order valence-corrected chi connectivity index (χ0v) is 18.7. The van der Waals surface area contributed by atoms with Crippen molar-refractivity contribution in [2.75, 3.05) is 19.6 Å². The molecule has 5 nitrogen and oxygen atoms in total. The van der Waals surface area contributed by atoms with Gasteiger partial charge in [-0.3, -0.25) is 14.6 Å². The van der Waals surface area contributed by atoms with Crippen LogP contribution in [0.1, 0.15) is 35.0 Å². The summed E-state index contributed by atoms with van der Waals surface area (Å²) in [4.78, 5) is 32.1. The summed E-state index contributed by atoms with van der Waals surface area (Å²) >= 11 is 0. The molecule has 0 aliphatic carbocycles. The molecule has 1 fully saturated rings. The zero-order chi connectivity index (χ0) is 22.6. The lowest BCUT2D eigenvalue weighted by Crippen LogP contribution is -2.45. The van der Waals surface area contributed by atoms with E-state index >= 15 is 0 Å². The van der Waals surface area contributed by atoms with Gasteiger partial charge in [0.15, 0.2) is 0 Å². The number of pyridine rings is 1. The lowest BCUT2D eigenvalue weighted by Gasteiger charge is -2.28. The molecule has 1 aliphatic rings. The normalized spacial score (nSPS) is 17.9. The number of hydrogen-bond acceptors (Lipinski definition) is 3. The standard InChI is InChI=1S/C27H29N3O2/c1-3-28-26(32)27(14-16-30(19-27)25(31)24-9-4-5-15-29-24)18-21-7-6-8-23(17-21)22-12-10-20(2)11-13-22/h4-13,15,17H,3,14,16,18-19H2,1-2H3,(H,28,32). The van der Waals surface area contributed by atoms with Crippen molar-refractivity contribution in [3.8, 4) is 11.1 Å². The maximum absolute atomic E-state index is 13.2. The second kappa shape index (κ2) is 9.35. The summed E-state index contributed by atoms with van der Waals surface area (Å²) in [6.45, 7) is 5.51. The first-order valence-electron chi connectivity index (χ1n) is 11.2. The monoisotopic (exact) mass is 427 g/mol. The molecule has 0 saturated carbocycles. The molecule has 3 aromatic rings. The number of amides is 2.